The third-order valence-electron chi connectivity index (χ3n) is 4.06. The van der Waals surface area contributed by atoms with E-state index in [0.717, 1.165) is 32.0 Å². The molecule has 0 radical (unpaired) electrons. The van der Waals surface area contributed by atoms with Crippen LogP contribution < -0.4 is 10.1 Å². The molecule has 0 spiro atoms. The van der Waals surface area contributed by atoms with Crippen molar-refractivity contribution in [2.45, 2.75) is 19.1 Å². The highest BCUT2D eigenvalue weighted by Gasteiger charge is 2.26. The van der Waals surface area contributed by atoms with Crippen molar-refractivity contribution < 1.29 is 4.74 Å². The summed E-state index contributed by atoms with van der Waals surface area (Å²) in [5.74, 6) is 1.60. The van der Waals surface area contributed by atoms with Gasteiger partial charge in [0.05, 0.1) is 13.1 Å². The molecule has 0 aliphatic carbocycles. The Morgan fingerprint density at radius 3 is 3.00 bits per heavy atom. The molecule has 6 heteroatoms. The largest absolute Gasteiger partial charge is 0.472 e. The lowest BCUT2D eigenvalue weighted by atomic mass is 10.3. The smallest absolute Gasteiger partial charge is 0.213 e. The molecule has 0 aromatic carbocycles. The van der Waals surface area contributed by atoms with Crippen LogP contribution in [-0.2, 0) is 13.6 Å². The molecule has 1 saturated heterocycles. The molecule has 3 heterocycles. The highest BCUT2D eigenvalue weighted by Crippen LogP contribution is 2.16. The molecular formula is C17H23N5O. The summed E-state index contributed by atoms with van der Waals surface area (Å²) in [6.45, 7) is 2.52. The molecule has 0 bridgehead atoms. The Labute approximate surface area is 136 Å². The van der Waals surface area contributed by atoms with Crippen molar-refractivity contribution in [2.75, 3.05) is 20.1 Å². The van der Waals surface area contributed by atoms with Crippen molar-refractivity contribution in [1.82, 2.24) is 19.8 Å². The van der Waals surface area contributed by atoms with Gasteiger partial charge < -0.3 is 19.5 Å². The molecule has 2 aromatic rings. The van der Waals surface area contributed by atoms with Gasteiger partial charge in [0.2, 0.25) is 5.88 Å². The molecule has 6 nitrogen and oxygen atoms in total. The number of aryl methyl sites for hydroxylation is 1. The van der Waals surface area contributed by atoms with Crippen LogP contribution in [0.15, 0.2) is 47.7 Å². The molecule has 1 aliphatic rings. The van der Waals surface area contributed by atoms with Crippen LogP contribution in [0.4, 0.5) is 0 Å². The summed E-state index contributed by atoms with van der Waals surface area (Å²) in [5, 5.41) is 3.42. The summed E-state index contributed by atoms with van der Waals surface area (Å²) in [5.41, 5.74) is 1.23. The molecule has 1 N–H and O–H groups in total. The van der Waals surface area contributed by atoms with Crippen molar-refractivity contribution in [1.29, 1.82) is 0 Å². The van der Waals surface area contributed by atoms with Crippen LogP contribution in [0, 0.1) is 0 Å². The molecule has 1 unspecified atom stereocenters. The van der Waals surface area contributed by atoms with Crippen molar-refractivity contribution >= 4 is 5.96 Å². The molecule has 0 saturated carbocycles. The molecular weight excluding hydrogens is 290 g/mol. The van der Waals surface area contributed by atoms with E-state index in [4.69, 9.17) is 4.74 Å². The van der Waals surface area contributed by atoms with Crippen molar-refractivity contribution in [2.24, 2.45) is 12.0 Å². The molecule has 122 valence electrons. The lowest BCUT2D eigenvalue weighted by Gasteiger charge is -2.21. The number of nitrogens with one attached hydrogen (secondary N) is 1. The molecule has 2 aromatic heterocycles. The molecule has 1 aliphatic heterocycles. The number of likely N-dealkylation sites (tertiary alicyclic amines) is 1. The fraction of sp³-hybridized carbons (Fsp3) is 0.412. The minimum Gasteiger partial charge on any atom is -0.472 e. The van der Waals surface area contributed by atoms with Crippen LogP contribution in [0.25, 0.3) is 0 Å². The summed E-state index contributed by atoms with van der Waals surface area (Å²) in [6.07, 6.45) is 4.93. The lowest BCUT2D eigenvalue weighted by molar-refractivity contribution is 0.205. The first-order valence-electron chi connectivity index (χ1n) is 7.90. The van der Waals surface area contributed by atoms with Gasteiger partial charge in [-0.2, -0.15) is 0 Å². The Kier molecular flexibility index (Phi) is 4.80. The lowest BCUT2D eigenvalue weighted by Crippen LogP contribution is -2.40. The van der Waals surface area contributed by atoms with E-state index in [0.29, 0.717) is 5.88 Å². The number of hydrogen-bond donors (Lipinski definition) is 1. The molecule has 0 amide bonds. The topological polar surface area (TPSA) is 54.7 Å². The van der Waals surface area contributed by atoms with Crippen molar-refractivity contribution in [3.05, 3.63) is 48.4 Å². The number of aliphatic imine (C=N–C) groups is 1. The van der Waals surface area contributed by atoms with Gasteiger partial charge in [0.1, 0.15) is 6.10 Å². The summed E-state index contributed by atoms with van der Waals surface area (Å²) in [6, 6.07) is 9.88. The van der Waals surface area contributed by atoms with Gasteiger partial charge in [0.25, 0.3) is 0 Å². The first-order chi connectivity index (χ1) is 11.3. The van der Waals surface area contributed by atoms with E-state index in [1.54, 1.807) is 6.20 Å². The van der Waals surface area contributed by atoms with Crippen molar-refractivity contribution in [3.63, 3.8) is 0 Å². The maximum Gasteiger partial charge on any atom is 0.213 e. The van der Waals surface area contributed by atoms with Gasteiger partial charge in [-0.25, -0.2) is 4.98 Å². The predicted molar refractivity (Wildman–Crippen MR) is 90.5 cm³/mol. The highest BCUT2D eigenvalue weighted by atomic mass is 16.5. The molecule has 3 rings (SSSR count). The van der Waals surface area contributed by atoms with Gasteiger partial charge in [-0.1, -0.05) is 6.07 Å². The minimum absolute atomic E-state index is 0.151. The van der Waals surface area contributed by atoms with Gasteiger partial charge in [0, 0.05) is 51.2 Å². The molecule has 1 atom stereocenters. The number of nitrogens with zero attached hydrogens (tertiary/aromatic N) is 4. The van der Waals surface area contributed by atoms with Crippen LogP contribution in [0.5, 0.6) is 5.88 Å². The molecule has 1 fully saturated rings. The van der Waals surface area contributed by atoms with Crippen LogP contribution in [0.3, 0.4) is 0 Å². The maximum absolute atomic E-state index is 5.93. The number of pyridine rings is 1. The minimum atomic E-state index is 0.151. The fourth-order valence-electron chi connectivity index (χ4n) is 2.79. The Balaban J connectivity index is 1.53. The fourth-order valence-corrected chi connectivity index (χ4v) is 2.79. The zero-order valence-corrected chi connectivity index (χ0v) is 13.6. The van der Waals surface area contributed by atoms with E-state index in [1.807, 2.05) is 44.6 Å². The van der Waals surface area contributed by atoms with E-state index < -0.39 is 0 Å². The van der Waals surface area contributed by atoms with Gasteiger partial charge in [-0.15, -0.1) is 0 Å². The van der Waals surface area contributed by atoms with E-state index >= 15 is 0 Å². The van der Waals surface area contributed by atoms with Crippen molar-refractivity contribution in [3.8, 4) is 5.88 Å². The second-order valence-corrected chi connectivity index (χ2v) is 5.65. The predicted octanol–water partition coefficient (Wildman–Crippen LogP) is 1.65. The van der Waals surface area contributed by atoms with Crippen LogP contribution in [-0.4, -0.2) is 46.7 Å². The number of hydrogen-bond acceptors (Lipinski definition) is 3. The van der Waals surface area contributed by atoms with E-state index in [9.17, 15) is 0 Å². The third-order valence-corrected chi connectivity index (χ3v) is 4.06. The Morgan fingerprint density at radius 2 is 2.30 bits per heavy atom. The summed E-state index contributed by atoms with van der Waals surface area (Å²) in [7, 11) is 3.87. The van der Waals surface area contributed by atoms with Gasteiger partial charge in [0.15, 0.2) is 5.96 Å². The summed E-state index contributed by atoms with van der Waals surface area (Å²) < 4.78 is 8.04. The zero-order valence-electron chi connectivity index (χ0n) is 13.6. The number of rotatable bonds is 4. The van der Waals surface area contributed by atoms with E-state index in [2.05, 4.69) is 30.8 Å². The van der Waals surface area contributed by atoms with E-state index in [1.165, 1.54) is 5.69 Å². The Hall–Kier alpha value is -2.50. The van der Waals surface area contributed by atoms with Gasteiger partial charge in [-0.05, 0) is 18.2 Å². The number of guanidine groups is 1. The van der Waals surface area contributed by atoms with Gasteiger partial charge >= 0.3 is 0 Å². The maximum atomic E-state index is 5.93. The van der Waals surface area contributed by atoms with Gasteiger partial charge in [-0.3, -0.25) is 4.99 Å². The molecule has 23 heavy (non-hydrogen) atoms. The average Bonchev–Trinajstić information content (AvgIpc) is 3.19. The SMILES string of the molecule is CN=C(NCc1cccn1C)N1CCC(Oc2ccccn2)C1. The van der Waals surface area contributed by atoms with Crippen LogP contribution in [0.2, 0.25) is 0 Å². The first kappa shape index (κ1) is 15.4. The quantitative estimate of drug-likeness (QED) is 0.689. The summed E-state index contributed by atoms with van der Waals surface area (Å²) in [4.78, 5) is 10.8. The standard InChI is InChI=1S/C17H23N5O/c1-18-17(20-12-14-6-5-10-21(14)2)22-11-8-15(13-22)23-16-7-3-4-9-19-16/h3-7,9-10,15H,8,11-13H2,1-2H3,(H,18,20). The normalized spacial score (nSPS) is 18.3. The third kappa shape index (κ3) is 3.83. The number of aromatic nitrogens is 2. The van der Waals surface area contributed by atoms with Crippen LogP contribution >= 0.6 is 0 Å². The average molecular weight is 313 g/mol. The Morgan fingerprint density at radius 1 is 1.39 bits per heavy atom. The first-order valence-corrected chi connectivity index (χ1v) is 7.90. The van der Waals surface area contributed by atoms with Crippen LogP contribution in [0.1, 0.15) is 12.1 Å². The Bertz CT molecular complexity index is 652. The summed E-state index contributed by atoms with van der Waals surface area (Å²) >= 11 is 0. The van der Waals surface area contributed by atoms with E-state index in [-0.39, 0.29) is 6.10 Å². The monoisotopic (exact) mass is 313 g/mol. The zero-order chi connectivity index (χ0) is 16.1. The number of ether oxygens (including phenoxy) is 1. The second kappa shape index (κ2) is 7.17. The second-order valence-electron chi connectivity index (χ2n) is 5.65. The highest BCUT2D eigenvalue weighted by molar-refractivity contribution is 5.80.